The lowest BCUT2D eigenvalue weighted by Crippen LogP contribution is -2.35. The fourth-order valence-corrected chi connectivity index (χ4v) is 4.07. The van der Waals surface area contributed by atoms with Crippen molar-refractivity contribution < 1.29 is 19.1 Å². The van der Waals surface area contributed by atoms with Crippen molar-refractivity contribution in [2.75, 3.05) is 38.9 Å². The highest BCUT2D eigenvalue weighted by atomic mass is 16.5. The summed E-state index contributed by atoms with van der Waals surface area (Å²) in [6, 6.07) is 22.3. The largest absolute Gasteiger partial charge is 0.465 e. The van der Waals surface area contributed by atoms with E-state index in [9.17, 15) is 14.4 Å². The fourth-order valence-electron chi connectivity index (χ4n) is 4.07. The van der Waals surface area contributed by atoms with Crippen LogP contribution < -0.4 is 10.6 Å². The fraction of sp³-hybridized carbons (Fsp3) is 0.179. The number of fused-ring (bicyclic) bond motifs is 1. The zero-order valence-electron chi connectivity index (χ0n) is 20.7. The third-order valence-electron chi connectivity index (χ3n) is 5.85. The summed E-state index contributed by atoms with van der Waals surface area (Å²) in [5.74, 6) is -0.734. The van der Waals surface area contributed by atoms with Crippen LogP contribution >= 0.6 is 0 Å². The summed E-state index contributed by atoms with van der Waals surface area (Å²) in [6.07, 6.45) is 0. The number of nitrogens with zero attached hydrogens (tertiary/aromatic N) is 2. The summed E-state index contributed by atoms with van der Waals surface area (Å²) in [5.41, 5.74) is 5.34. The highest BCUT2D eigenvalue weighted by Gasteiger charge is 2.29. The molecule has 1 heterocycles. The number of ether oxygens (including phenoxy) is 1. The Bertz CT molecular complexity index is 1330. The summed E-state index contributed by atoms with van der Waals surface area (Å²) < 4.78 is 4.80. The third kappa shape index (κ3) is 5.07. The van der Waals surface area contributed by atoms with E-state index in [1.807, 2.05) is 54.6 Å². The predicted octanol–water partition coefficient (Wildman–Crippen LogP) is 4.52. The minimum atomic E-state index is -0.469. The summed E-state index contributed by atoms with van der Waals surface area (Å²) in [6.45, 7) is 0.474. The Hall–Kier alpha value is -4.59. The van der Waals surface area contributed by atoms with Crippen LogP contribution in [0.1, 0.15) is 27.0 Å². The molecule has 4 rings (SSSR count). The van der Waals surface area contributed by atoms with Crippen LogP contribution in [-0.4, -0.2) is 56.0 Å². The molecule has 0 spiro atoms. The molecule has 0 saturated carbocycles. The van der Waals surface area contributed by atoms with Gasteiger partial charge < -0.3 is 25.2 Å². The molecule has 0 bridgehead atoms. The van der Waals surface area contributed by atoms with E-state index in [0.29, 0.717) is 34.6 Å². The number of amides is 3. The van der Waals surface area contributed by atoms with Crippen molar-refractivity contribution in [1.29, 1.82) is 0 Å². The molecule has 8 heteroatoms. The van der Waals surface area contributed by atoms with E-state index in [0.717, 1.165) is 16.8 Å². The van der Waals surface area contributed by atoms with Crippen molar-refractivity contribution in [3.05, 3.63) is 95.1 Å². The van der Waals surface area contributed by atoms with Crippen molar-refractivity contribution in [3.63, 3.8) is 0 Å². The molecule has 3 aromatic carbocycles. The van der Waals surface area contributed by atoms with Crippen LogP contribution in [0.3, 0.4) is 0 Å². The molecule has 2 N–H and O–H groups in total. The maximum absolute atomic E-state index is 13.1. The number of hydrogen-bond donors (Lipinski definition) is 2. The zero-order chi connectivity index (χ0) is 25.8. The van der Waals surface area contributed by atoms with Crippen LogP contribution in [0.4, 0.5) is 16.2 Å². The standard InChI is InChI=1S/C28H28N4O4/c1-31(2)28(35)32(3)17-18-10-13-21(14-11-18)29-25(19-8-6-5-7-9-19)24-22-15-12-20(27(34)36-4)16-23(22)30-26(24)33/h5-16,29H,17H2,1-4H3,(H,30,33)/b25-24-. The average Bonchev–Trinajstić information content (AvgIpc) is 3.22. The number of esters is 1. The Kier molecular flexibility index (Phi) is 7.05. The molecule has 0 fully saturated rings. The Morgan fingerprint density at radius 3 is 2.25 bits per heavy atom. The molecule has 1 aliphatic rings. The van der Waals surface area contributed by atoms with Gasteiger partial charge in [-0.2, -0.15) is 0 Å². The van der Waals surface area contributed by atoms with E-state index in [-0.39, 0.29) is 11.9 Å². The number of benzene rings is 3. The number of anilines is 2. The number of hydrogen-bond acceptors (Lipinski definition) is 5. The molecule has 0 radical (unpaired) electrons. The van der Waals surface area contributed by atoms with Crippen LogP contribution in [0, 0.1) is 0 Å². The van der Waals surface area contributed by atoms with E-state index in [4.69, 9.17) is 4.74 Å². The number of carbonyl (C=O) groups excluding carboxylic acids is 3. The summed E-state index contributed by atoms with van der Waals surface area (Å²) in [7, 11) is 6.52. The second-order valence-corrected chi connectivity index (χ2v) is 8.68. The van der Waals surface area contributed by atoms with Crippen molar-refractivity contribution >= 4 is 40.6 Å². The van der Waals surface area contributed by atoms with Gasteiger partial charge in [0.25, 0.3) is 5.91 Å². The van der Waals surface area contributed by atoms with Crippen LogP contribution in [-0.2, 0) is 16.1 Å². The molecule has 184 valence electrons. The number of methoxy groups -OCH3 is 1. The van der Waals surface area contributed by atoms with Gasteiger partial charge in [0, 0.05) is 38.9 Å². The monoisotopic (exact) mass is 484 g/mol. The second-order valence-electron chi connectivity index (χ2n) is 8.68. The van der Waals surface area contributed by atoms with Crippen molar-refractivity contribution in [2.24, 2.45) is 0 Å². The Balaban J connectivity index is 1.69. The summed E-state index contributed by atoms with van der Waals surface area (Å²) in [5, 5.41) is 6.28. The van der Waals surface area contributed by atoms with Crippen LogP contribution in [0.2, 0.25) is 0 Å². The molecule has 0 saturated heterocycles. The number of rotatable bonds is 6. The lowest BCUT2D eigenvalue weighted by Gasteiger charge is -2.22. The molecule has 1 aliphatic heterocycles. The average molecular weight is 485 g/mol. The lowest BCUT2D eigenvalue weighted by atomic mass is 9.99. The molecule has 3 amide bonds. The second kappa shape index (κ2) is 10.4. The predicted molar refractivity (Wildman–Crippen MR) is 140 cm³/mol. The topological polar surface area (TPSA) is 91.0 Å². The van der Waals surface area contributed by atoms with E-state index >= 15 is 0 Å². The molecule has 0 aromatic heterocycles. The van der Waals surface area contributed by atoms with Gasteiger partial charge in [0.15, 0.2) is 0 Å². The first-order chi connectivity index (χ1) is 17.3. The van der Waals surface area contributed by atoms with E-state index < -0.39 is 5.97 Å². The number of nitrogens with one attached hydrogen (secondary N) is 2. The SMILES string of the molecule is COC(=O)c1ccc2c(c1)NC(=O)/C2=C(\Nc1ccc(CN(C)C(=O)N(C)C)cc1)c1ccccc1. The Morgan fingerprint density at radius 1 is 0.917 bits per heavy atom. The van der Waals surface area contributed by atoms with Gasteiger partial charge in [0.1, 0.15) is 0 Å². The molecule has 0 unspecified atom stereocenters. The van der Waals surface area contributed by atoms with Crippen LogP contribution in [0.5, 0.6) is 0 Å². The van der Waals surface area contributed by atoms with E-state index in [2.05, 4.69) is 10.6 Å². The number of urea groups is 1. The normalized spacial score (nSPS) is 13.4. The van der Waals surface area contributed by atoms with Gasteiger partial charge >= 0.3 is 12.0 Å². The van der Waals surface area contributed by atoms with Gasteiger partial charge in [-0.3, -0.25) is 4.79 Å². The van der Waals surface area contributed by atoms with Crippen molar-refractivity contribution in [2.45, 2.75) is 6.54 Å². The van der Waals surface area contributed by atoms with Crippen LogP contribution in [0.15, 0.2) is 72.8 Å². The molecule has 36 heavy (non-hydrogen) atoms. The molecular formula is C28H28N4O4. The Labute approximate surface area is 210 Å². The minimum Gasteiger partial charge on any atom is -0.465 e. The van der Waals surface area contributed by atoms with E-state index in [1.54, 1.807) is 44.2 Å². The van der Waals surface area contributed by atoms with Crippen molar-refractivity contribution in [3.8, 4) is 0 Å². The molecular weight excluding hydrogens is 456 g/mol. The maximum Gasteiger partial charge on any atom is 0.337 e. The van der Waals surface area contributed by atoms with Gasteiger partial charge in [-0.1, -0.05) is 48.5 Å². The molecule has 8 nitrogen and oxygen atoms in total. The molecule has 3 aromatic rings. The lowest BCUT2D eigenvalue weighted by molar-refractivity contribution is -0.110. The van der Waals surface area contributed by atoms with E-state index in [1.165, 1.54) is 12.0 Å². The highest BCUT2D eigenvalue weighted by Crippen LogP contribution is 2.38. The molecule has 0 aliphatic carbocycles. The van der Waals surface area contributed by atoms with Gasteiger partial charge in [0.05, 0.1) is 29.6 Å². The minimum absolute atomic E-state index is 0.0745. The first-order valence-electron chi connectivity index (χ1n) is 11.4. The maximum atomic E-state index is 13.1. The number of carbonyl (C=O) groups is 3. The van der Waals surface area contributed by atoms with Gasteiger partial charge in [0.2, 0.25) is 0 Å². The highest BCUT2D eigenvalue weighted by molar-refractivity contribution is 6.37. The van der Waals surface area contributed by atoms with Crippen molar-refractivity contribution in [1.82, 2.24) is 9.80 Å². The zero-order valence-corrected chi connectivity index (χ0v) is 20.7. The first kappa shape index (κ1) is 24.5. The Morgan fingerprint density at radius 2 is 1.61 bits per heavy atom. The molecule has 0 atom stereocenters. The summed E-state index contributed by atoms with van der Waals surface area (Å²) >= 11 is 0. The van der Waals surface area contributed by atoms with Gasteiger partial charge in [-0.25, -0.2) is 9.59 Å². The first-order valence-corrected chi connectivity index (χ1v) is 11.4. The third-order valence-corrected chi connectivity index (χ3v) is 5.85. The van der Waals surface area contributed by atoms with Gasteiger partial charge in [-0.15, -0.1) is 0 Å². The summed E-state index contributed by atoms with van der Waals surface area (Å²) in [4.78, 5) is 40.4. The quantitative estimate of drug-likeness (QED) is 0.397. The smallest absolute Gasteiger partial charge is 0.337 e. The van der Waals surface area contributed by atoms with Gasteiger partial charge in [-0.05, 0) is 35.4 Å². The van der Waals surface area contributed by atoms with Crippen LogP contribution in [0.25, 0.3) is 11.3 Å².